The SMILES string of the molecule is Cc1c(C)c(C)c2c(c1C)CNS2(=O)=O. The van der Waals surface area contributed by atoms with Crippen LogP contribution in [-0.2, 0) is 16.6 Å². The second-order valence-corrected chi connectivity index (χ2v) is 5.84. The summed E-state index contributed by atoms with van der Waals surface area (Å²) in [6.45, 7) is 8.33. The first-order valence-electron chi connectivity index (χ1n) is 4.95. The summed E-state index contributed by atoms with van der Waals surface area (Å²) in [6.07, 6.45) is 0. The first-order valence-corrected chi connectivity index (χ1v) is 6.43. The number of fused-ring (bicyclic) bond motifs is 1. The van der Waals surface area contributed by atoms with E-state index in [1.54, 1.807) is 0 Å². The highest BCUT2D eigenvalue weighted by atomic mass is 32.2. The van der Waals surface area contributed by atoms with Crippen molar-refractivity contribution in [2.45, 2.75) is 39.1 Å². The molecular formula is C11H15NO2S. The molecule has 1 heterocycles. The molecule has 82 valence electrons. The quantitative estimate of drug-likeness (QED) is 0.730. The van der Waals surface area contributed by atoms with Crippen molar-refractivity contribution in [1.29, 1.82) is 0 Å². The van der Waals surface area contributed by atoms with E-state index in [2.05, 4.69) is 4.72 Å². The largest absolute Gasteiger partial charge is 0.241 e. The molecule has 15 heavy (non-hydrogen) atoms. The second kappa shape index (κ2) is 3.06. The van der Waals surface area contributed by atoms with Crippen molar-refractivity contribution in [3.63, 3.8) is 0 Å². The van der Waals surface area contributed by atoms with Gasteiger partial charge in [-0.2, -0.15) is 0 Å². The predicted octanol–water partition coefficient (Wildman–Crippen LogP) is 1.71. The smallest absolute Gasteiger partial charge is 0.207 e. The Bertz CT molecular complexity index is 544. The molecule has 0 aromatic heterocycles. The molecule has 0 unspecified atom stereocenters. The topological polar surface area (TPSA) is 46.2 Å². The van der Waals surface area contributed by atoms with Crippen molar-refractivity contribution in [2.75, 3.05) is 0 Å². The van der Waals surface area contributed by atoms with Gasteiger partial charge in [-0.05, 0) is 55.5 Å². The number of rotatable bonds is 0. The van der Waals surface area contributed by atoms with Gasteiger partial charge in [-0.15, -0.1) is 0 Å². The molecule has 4 heteroatoms. The van der Waals surface area contributed by atoms with Crippen molar-refractivity contribution in [3.05, 3.63) is 27.8 Å². The molecule has 1 N–H and O–H groups in total. The standard InChI is InChI=1S/C11H15NO2S/c1-6-7(2)9(4)11-10(8(6)3)5-12-15(11,13)14/h12H,5H2,1-4H3. The minimum Gasteiger partial charge on any atom is -0.207 e. The Morgan fingerprint density at radius 2 is 1.47 bits per heavy atom. The predicted molar refractivity (Wildman–Crippen MR) is 59.4 cm³/mol. The van der Waals surface area contributed by atoms with Gasteiger partial charge < -0.3 is 0 Å². The number of nitrogens with one attached hydrogen (secondary N) is 1. The molecule has 0 spiro atoms. The minimum atomic E-state index is -3.25. The molecule has 0 aliphatic carbocycles. The van der Waals surface area contributed by atoms with Crippen LogP contribution >= 0.6 is 0 Å². The zero-order chi connectivity index (χ0) is 11.4. The third-order valence-corrected chi connectivity index (χ3v) is 5.08. The van der Waals surface area contributed by atoms with E-state index in [9.17, 15) is 8.42 Å². The van der Waals surface area contributed by atoms with E-state index >= 15 is 0 Å². The first kappa shape index (κ1) is 10.6. The number of hydrogen-bond donors (Lipinski definition) is 1. The lowest BCUT2D eigenvalue weighted by Gasteiger charge is -2.13. The lowest BCUT2D eigenvalue weighted by Crippen LogP contribution is -2.14. The lowest BCUT2D eigenvalue weighted by atomic mass is 9.94. The monoisotopic (exact) mass is 225 g/mol. The van der Waals surface area contributed by atoms with Crippen molar-refractivity contribution in [3.8, 4) is 0 Å². The van der Waals surface area contributed by atoms with E-state index in [0.717, 1.165) is 22.3 Å². The lowest BCUT2D eigenvalue weighted by molar-refractivity contribution is 0.589. The summed E-state index contributed by atoms with van der Waals surface area (Å²) >= 11 is 0. The fraction of sp³-hybridized carbons (Fsp3) is 0.455. The first-order chi connectivity index (χ1) is 6.86. The maximum Gasteiger partial charge on any atom is 0.241 e. The van der Waals surface area contributed by atoms with Crippen LogP contribution in [0.3, 0.4) is 0 Å². The summed E-state index contributed by atoms with van der Waals surface area (Å²) in [5, 5.41) is 0. The van der Waals surface area contributed by atoms with E-state index < -0.39 is 10.0 Å². The summed E-state index contributed by atoms with van der Waals surface area (Å²) in [5.41, 5.74) is 5.21. The summed E-state index contributed by atoms with van der Waals surface area (Å²) in [6, 6.07) is 0. The number of hydrogen-bond acceptors (Lipinski definition) is 2. The maximum atomic E-state index is 11.8. The zero-order valence-electron chi connectivity index (χ0n) is 9.43. The summed E-state index contributed by atoms with van der Waals surface area (Å²) in [4.78, 5) is 0.503. The highest BCUT2D eigenvalue weighted by molar-refractivity contribution is 7.89. The van der Waals surface area contributed by atoms with Crippen LogP contribution in [0.5, 0.6) is 0 Å². The van der Waals surface area contributed by atoms with Gasteiger partial charge in [0.05, 0.1) is 4.90 Å². The van der Waals surface area contributed by atoms with Gasteiger partial charge in [0, 0.05) is 6.54 Å². The van der Waals surface area contributed by atoms with Crippen LogP contribution in [-0.4, -0.2) is 8.42 Å². The fourth-order valence-electron chi connectivity index (χ4n) is 2.17. The van der Waals surface area contributed by atoms with E-state index in [1.807, 2.05) is 27.7 Å². The highest BCUT2D eigenvalue weighted by Crippen LogP contribution is 2.33. The molecule has 3 nitrogen and oxygen atoms in total. The maximum absolute atomic E-state index is 11.8. The van der Waals surface area contributed by atoms with Gasteiger partial charge in [-0.3, -0.25) is 0 Å². The molecule has 0 fully saturated rings. The van der Waals surface area contributed by atoms with Crippen molar-refractivity contribution < 1.29 is 8.42 Å². The molecular weight excluding hydrogens is 210 g/mol. The number of sulfonamides is 1. The number of benzene rings is 1. The van der Waals surface area contributed by atoms with Gasteiger partial charge in [0.25, 0.3) is 0 Å². The average molecular weight is 225 g/mol. The summed E-state index contributed by atoms with van der Waals surface area (Å²) in [5.74, 6) is 0. The highest BCUT2D eigenvalue weighted by Gasteiger charge is 2.30. The Balaban J connectivity index is 2.94. The Kier molecular flexibility index (Phi) is 2.17. The Morgan fingerprint density at radius 1 is 0.933 bits per heavy atom. The fourth-order valence-corrected chi connectivity index (χ4v) is 3.76. The van der Waals surface area contributed by atoms with Crippen LogP contribution in [0.25, 0.3) is 0 Å². The zero-order valence-corrected chi connectivity index (χ0v) is 10.2. The normalized spacial score (nSPS) is 17.9. The van der Waals surface area contributed by atoms with Gasteiger partial charge >= 0.3 is 0 Å². The second-order valence-electron chi connectivity index (χ2n) is 4.13. The van der Waals surface area contributed by atoms with E-state index in [0.29, 0.717) is 11.4 Å². The average Bonchev–Trinajstić information content (AvgIpc) is 2.48. The Morgan fingerprint density at radius 3 is 2.07 bits per heavy atom. The third kappa shape index (κ3) is 1.32. The van der Waals surface area contributed by atoms with Gasteiger partial charge in [0.2, 0.25) is 10.0 Å². The minimum absolute atomic E-state index is 0.436. The molecule has 0 saturated carbocycles. The molecule has 0 amide bonds. The van der Waals surface area contributed by atoms with Crippen LogP contribution in [0.2, 0.25) is 0 Å². The molecule has 0 radical (unpaired) electrons. The van der Waals surface area contributed by atoms with Crippen LogP contribution in [0.4, 0.5) is 0 Å². The third-order valence-electron chi connectivity index (χ3n) is 3.46. The molecule has 1 aromatic carbocycles. The summed E-state index contributed by atoms with van der Waals surface area (Å²) < 4.78 is 26.1. The van der Waals surface area contributed by atoms with Crippen molar-refractivity contribution in [2.24, 2.45) is 0 Å². The van der Waals surface area contributed by atoms with E-state index in [1.165, 1.54) is 5.56 Å². The molecule has 0 atom stereocenters. The summed E-state index contributed by atoms with van der Waals surface area (Å²) in [7, 11) is -3.25. The van der Waals surface area contributed by atoms with E-state index in [4.69, 9.17) is 0 Å². The van der Waals surface area contributed by atoms with Gasteiger partial charge in [0.15, 0.2) is 0 Å². The van der Waals surface area contributed by atoms with Gasteiger partial charge in [-0.1, -0.05) is 0 Å². The van der Waals surface area contributed by atoms with Crippen LogP contribution in [0, 0.1) is 27.7 Å². The Labute approximate surface area is 90.6 Å². The molecule has 1 aromatic rings. The van der Waals surface area contributed by atoms with Crippen LogP contribution in [0.1, 0.15) is 27.8 Å². The Hall–Kier alpha value is -0.870. The van der Waals surface area contributed by atoms with Gasteiger partial charge in [0.1, 0.15) is 0 Å². The van der Waals surface area contributed by atoms with Crippen LogP contribution in [0.15, 0.2) is 4.90 Å². The van der Waals surface area contributed by atoms with Crippen molar-refractivity contribution >= 4 is 10.0 Å². The van der Waals surface area contributed by atoms with Gasteiger partial charge in [-0.25, -0.2) is 13.1 Å². The van der Waals surface area contributed by atoms with Crippen LogP contribution < -0.4 is 4.72 Å². The molecule has 0 bridgehead atoms. The van der Waals surface area contributed by atoms with Crippen molar-refractivity contribution in [1.82, 2.24) is 4.72 Å². The molecule has 1 aliphatic heterocycles. The molecule has 1 aliphatic rings. The molecule has 0 saturated heterocycles. The van der Waals surface area contributed by atoms with E-state index in [-0.39, 0.29) is 0 Å². The molecule has 2 rings (SSSR count).